The summed E-state index contributed by atoms with van der Waals surface area (Å²) in [5.74, 6) is -1.96. The molecule has 0 unspecified atom stereocenters. The Labute approximate surface area is 170 Å². The predicted octanol–water partition coefficient (Wildman–Crippen LogP) is 3.83. The minimum Gasteiger partial charge on any atom is -0.493 e. The highest BCUT2D eigenvalue weighted by molar-refractivity contribution is 6.30. The van der Waals surface area contributed by atoms with Crippen molar-refractivity contribution in [3.05, 3.63) is 75.9 Å². The summed E-state index contributed by atoms with van der Waals surface area (Å²) in [4.78, 5) is 23.8. The first-order valence-electron chi connectivity index (χ1n) is 8.16. The molecule has 0 aliphatic heterocycles. The van der Waals surface area contributed by atoms with Gasteiger partial charge in [-0.15, -0.1) is 0 Å². The average Bonchev–Trinajstić information content (AvgIpc) is 3.03. The third-order valence-corrected chi connectivity index (χ3v) is 4.42. The Morgan fingerprint density at radius 3 is 2.43 bits per heavy atom. The zero-order valence-corrected chi connectivity index (χ0v) is 15.9. The molecule has 2 aromatic carbocycles. The van der Waals surface area contributed by atoms with Crippen LogP contribution in [0.2, 0.25) is 10.0 Å². The molecule has 3 rings (SSSR count). The van der Waals surface area contributed by atoms with E-state index in [1.54, 1.807) is 48.5 Å². The SMILES string of the molecule is O=C(O)C[C@H](NC(=O)c1cc(O)n(-c2ccc(Cl)cc2)n1)c1cccc(Cl)c1. The molecule has 0 aliphatic rings. The van der Waals surface area contributed by atoms with Gasteiger partial charge in [-0.2, -0.15) is 5.10 Å². The van der Waals surface area contributed by atoms with Crippen molar-refractivity contribution in [3.63, 3.8) is 0 Å². The molecule has 0 spiro atoms. The van der Waals surface area contributed by atoms with Crippen LogP contribution >= 0.6 is 23.2 Å². The number of aromatic nitrogens is 2. The number of hydrogen-bond acceptors (Lipinski definition) is 4. The van der Waals surface area contributed by atoms with Crippen molar-refractivity contribution >= 4 is 35.1 Å². The van der Waals surface area contributed by atoms with Gasteiger partial charge in [0.15, 0.2) is 5.69 Å². The van der Waals surface area contributed by atoms with Crippen molar-refractivity contribution in [2.24, 2.45) is 0 Å². The van der Waals surface area contributed by atoms with E-state index >= 15 is 0 Å². The van der Waals surface area contributed by atoms with Crippen molar-refractivity contribution in [1.29, 1.82) is 0 Å². The number of aromatic hydroxyl groups is 1. The van der Waals surface area contributed by atoms with Crippen LogP contribution in [0.25, 0.3) is 5.69 Å². The second-order valence-electron chi connectivity index (χ2n) is 5.95. The summed E-state index contributed by atoms with van der Waals surface area (Å²) in [5, 5.41) is 26.9. The molecule has 3 aromatic rings. The van der Waals surface area contributed by atoms with Crippen molar-refractivity contribution in [3.8, 4) is 11.6 Å². The quantitative estimate of drug-likeness (QED) is 0.562. The molecule has 7 nitrogen and oxygen atoms in total. The fourth-order valence-electron chi connectivity index (χ4n) is 2.64. The largest absolute Gasteiger partial charge is 0.493 e. The van der Waals surface area contributed by atoms with E-state index in [9.17, 15) is 14.7 Å². The number of carbonyl (C=O) groups excluding carboxylic acids is 1. The number of nitrogens with one attached hydrogen (secondary N) is 1. The van der Waals surface area contributed by atoms with Gasteiger partial charge in [-0.05, 0) is 42.0 Å². The number of hydrogen-bond donors (Lipinski definition) is 3. The Bertz CT molecular complexity index is 1020. The number of halogens is 2. The molecular formula is C19H15Cl2N3O4. The summed E-state index contributed by atoms with van der Waals surface area (Å²) >= 11 is 11.8. The molecule has 1 aromatic heterocycles. The summed E-state index contributed by atoms with van der Waals surface area (Å²) in [7, 11) is 0. The van der Waals surface area contributed by atoms with Crippen molar-refractivity contribution in [2.45, 2.75) is 12.5 Å². The Balaban J connectivity index is 1.85. The molecule has 1 amide bonds. The van der Waals surface area contributed by atoms with Crippen LogP contribution in [0.15, 0.2) is 54.6 Å². The molecule has 1 atom stereocenters. The number of carbonyl (C=O) groups is 2. The molecule has 1 heterocycles. The Hall–Kier alpha value is -3.03. The summed E-state index contributed by atoms with van der Waals surface area (Å²) in [6.45, 7) is 0. The van der Waals surface area contributed by atoms with Gasteiger partial charge in [-0.3, -0.25) is 9.59 Å². The highest BCUT2D eigenvalue weighted by Crippen LogP contribution is 2.23. The molecule has 0 fully saturated rings. The lowest BCUT2D eigenvalue weighted by atomic mass is 10.0. The van der Waals surface area contributed by atoms with E-state index in [2.05, 4.69) is 10.4 Å². The van der Waals surface area contributed by atoms with Gasteiger partial charge in [0.25, 0.3) is 5.91 Å². The molecule has 9 heteroatoms. The number of nitrogens with zero attached hydrogens (tertiary/aromatic N) is 2. The molecule has 3 N–H and O–H groups in total. The van der Waals surface area contributed by atoms with E-state index in [1.807, 2.05) is 0 Å². The third kappa shape index (κ3) is 4.62. The van der Waals surface area contributed by atoms with Crippen molar-refractivity contribution in [2.75, 3.05) is 0 Å². The number of carboxylic acid groups (broad SMARTS) is 1. The Morgan fingerprint density at radius 1 is 1.07 bits per heavy atom. The summed E-state index contributed by atoms with van der Waals surface area (Å²) in [6, 6.07) is 13.5. The molecule has 0 bridgehead atoms. The summed E-state index contributed by atoms with van der Waals surface area (Å²) in [5.41, 5.74) is 0.993. The van der Waals surface area contributed by atoms with E-state index in [0.29, 0.717) is 21.3 Å². The standard InChI is InChI=1S/C19H15Cl2N3O4/c20-12-4-6-14(7-5-12)24-17(25)9-16(23-24)19(28)22-15(10-18(26)27)11-2-1-3-13(21)8-11/h1-9,15,25H,10H2,(H,22,28)(H,26,27)/t15-/m0/s1. The molecule has 144 valence electrons. The molecule has 0 saturated carbocycles. The number of benzene rings is 2. The fraction of sp³-hybridized carbons (Fsp3) is 0.105. The first kappa shape index (κ1) is 19.7. The summed E-state index contributed by atoms with van der Waals surface area (Å²) in [6.07, 6.45) is -0.337. The smallest absolute Gasteiger partial charge is 0.305 e. The zero-order valence-electron chi connectivity index (χ0n) is 14.3. The second kappa shape index (κ2) is 8.33. The topological polar surface area (TPSA) is 104 Å². The highest BCUT2D eigenvalue weighted by Gasteiger charge is 2.22. The van der Waals surface area contributed by atoms with E-state index in [1.165, 1.54) is 10.7 Å². The lowest BCUT2D eigenvalue weighted by Crippen LogP contribution is -2.30. The van der Waals surface area contributed by atoms with Gasteiger partial charge in [-0.1, -0.05) is 35.3 Å². The normalized spacial score (nSPS) is 11.8. The predicted molar refractivity (Wildman–Crippen MR) is 104 cm³/mol. The molecule has 28 heavy (non-hydrogen) atoms. The Kier molecular flexibility index (Phi) is 5.87. The van der Waals surface area contributed by atoms with E-state index in [0.717, 1.165) is 0 Å². The average molecular weight is 420 g/mol. The van der Waals surface area contributed by atoms with Crippen LogP contribution in [-0.2, 0) is 4.79 Å². The maximum absolute atomic E-state index is 12.6. The first-order valence-corrected chi connectivity index (χ1v) is 8.92. The number of carboxylic acids is 1. The molecule has 0 aliphatic carbocycles. The lowest BCUT2D eigenvalue weighted by Gasteiger charge is -2.17. The monoisotopic (exact) mass is 419 g/mol. The van der Waals surface area contributed by atoms with Gasteiger partial charge in [0, 0.05) is 16.1 Å². The van der Waals surface area contributed by atoms with Gasteiger partial charge in [-0.25, -0.2) is 4.68 Å². The first-order chi connectivity index (χ1) is 13.3. The number of rotatable bonds is 6. The van der Waals surface area contributed by atoms with Crippen molar-refractivity contribution in [1.82, 2.24) is 15.1 Å². The van der Waals surface area contributed by atoms with Gasteiger partial charge in [0.2, 0.25) is 5.88 Å². The minimum atomic E-state index is -1.08. The van der Waals surface area contributed by atoms with Crippen LogP contribution in [0, 0.1) is 0 Å². The van der Waals surface area contributed by atoms with Crippen LogP contribution in [-0.4, -0.2) is 31.9 Å². The van der Waals surface area contributed by atoms with E-state index in [4.69, 9.17) is 28.3 Å². The Morgan fingerprint density at radius 2 is 1.79 bits per heavy atom. The zero-order chi connectivity index (χ0) is 20.3. The fourth-order valence-corrected chi connectivity index (χ4v) is 2.96. The van der Waals surface area contributed by atoms with Crippen LogP contribution < -0.4 is 5.32 Å². The van der Waals surface area contributed by atoms with Crippen LogP contribution in [0.3, 0.4) is 0 Å². The minimum absolute atomic E-state index is 0.0649. The molecular weight excluding hydrogens is 405 g/mol. The third-order valence-electron chi connectivity index (χ3n) is 3.93. The highest BCUT2D eigenvalue weighted by atomic mass is 35.5. The molecule has 0 saturated heterocycles. The lowest BCUT2D eigenvalue weighted by molar-refractivity contribution is -0.137. The molecule has 0 radical (unpaired) electrons. The van der Waals surface area contributed by atoms with Gasteiger partial charge < -0.3 is 15.5 Å². The van der Waals surface area contributed by atoms with Gasteiger partial charge >= 0.3 is 5.97 Å². The number of aliphatic carboxylic acids is 1. The van der Waals surface area contributed by atoms with E-state index < -0.39 is 17.9 Å². The van der Waals surface area contributed by atoms with Gasteiger partial charge in [0.05, 0.1) is 18.2 Å². The number of amides is 1. The maximum Gasteiger partial charge on any atom is 0.305 e. The van der Waals surface area contributed by atoms with Crippen LogP contribution in [0.5, 0.6) is 5.88 Å². The van der Waals surface area contributed by atoms with Crippen LogP contribution in [0.4, 0.5) is 0 Å². The van der Waals surface area contributed by atoms with E-state index in [-0.39, 0.29) is 18.0 Å². The summed E-state index contributed by atoms with van der Waals surface area (Å²) < 4.78 is 1.18. The maximum atomic E-state index is 12.6. The second-order valence-corrected chi connectivity index (χ2v) is 6.83. The van der Waals surface area contributed by atoms with Crippen LogP contribution in [0.1, 0.15) is 28.5 Å². The van der Waals surface area contributed by atoms with Crippen molar-refractivity contribution < 1.29 is 19.8 Å². The van der Waals surface area contributed by atoms with Gasteiger partial charge in [0.1, 0.15) is 0 Å².